The Morgan fingerprint density at radius 1 is 1.03 bits per heavy atom. The maximum Gasteiger partial charge on any atom is 0.232 e. The molecule has 2 aliphatic rings. The van der Waals surface area contributed by atoms with Crippen molar-refractivity contribution in [3.8, 4) is 11.5 Å². The van der Waals surface area contributed by atoms with Crippen LogP contribution in [0.25, 0.3) is 0 Å². The number of ether oxygens (including phenoxy) is 2. The summed E-state index contributed by atoms with van der Waals surface area (Å²) < 4.78 is 10.9. The van der Waals surface area contributed by atoms with E-state index in [1.165, 1.54) is 18.4 Å². The molecule has 2 aromatic carbocycles. The van der Waals surface area contributed by atoms with Gasteiger partial charge in [-0.05, 0) is 68.9 Å². The highest BCUT2D eigenvalue weighted by Gasteiger charge is 2.35. The molecule has 2 aromatic rings. The molecule has 2 aliphatic heterocycles. The lowest BCUT2D eigenvalue weighted by molar-refractivity contribution is -0.127. The Morgan fingerprint density at radius 2 is 1.75 bits per heavy atom. The first-order valence-electron chi connectivity index (χ1n) is 13.0. The van der Waals surface area contributed by atoms with Crippen molar-refractivity contribution >= 4 is 17.5 Å². The SMILES string of the molecule is COc1ccc(N(CCCN2CCC(Cc3ccccc3)CC2)C(=O)C2CC(=O)N(C)C2)cc1OC. The first kappa shape index (κ1) is 26.0. The number of nitrogens with zero attached hydrogens (tertiary/aromatic N) is 3. The summed E-state index contributed by atoms with van der Waals surface area (Å²) in [7, 11) is 4.96. The van der Waals surface area contributed by atoms with E-state index in [4.69, 9.17) is 9.47 Å². The van der Waals surface area contributed by atoms with Gasteiger partial charge in [0.15, 0.2) is 11.5 Å². The van der Waals surface area contributed by atoms with Gasteiger partial charge in [-0.2, -0.15) is 0 Å². The lowest BCUT2D eigenvalue weighted by Gasteiger charge is -2.33. The van der Waals surface area contributed by atoms with Crippen molar-refractivity contribution in [2.45, 2.75) is 32.1 Å². The topological polar surface area (TPSA) is 62.3 Å². The molecule has 0 aliphatic carbocycles. The second kappa shape index (κ2) is 12.3. The zero-order chi connectivity index (χ0) is 25.5. The summed E-state index contributed by atoms with van der Waals surface area (Å²) in [6.45, 7) is 4.23. The van der Waals surface area contributed by atoms with Crippen LogP contribution in [0.4, 0.5) is 5.69 Å². The van der Waals surface area contributed by atoms with Gasteiger partial charge in [-0.3, -0.25) is 9.59 Å². The van der Waals surface area contributed by atoms with E-state index in [2.05, 4.69) is 35.2 Å². The highest BCUT2D eigenvalue weighted by molar-refractivity contribution is 5.99. The van der Waals surface area contributed by atoms with Crippen molar-refractivity contribution in [1.29, 1.82) is 0 Å². The van der Waals surface area contributed by atoms with Crippen molar-refractivity contribution < 1.29 is 19.1 Å². The van der Waals surface area contributed by atoms with Gasteiger partial charge in [0.05, 0.1) is 20.1 Å². The maximum atomic E-state index is 13.6. The van der Waals surface area contributed by atoms with Gasteiger partial charge >= 0.3 is 0 Å². The molecule has 2 saturated heterocycles. The summed E-state index contributed by atoms with van der Waals surface area (Å²) in [5, 5.41) is 0. The lowest BCUT2D eigenvalue weighted by atomic mass is 9.90. The smallest absolute Gasteiger partial charge is 0.232 e. The molecule has 0 spiro atoms. The van der Waals surface area contributed by atoms with Crippen LogP contribution in [0.1, 0.15) is 31.2 Å². The van der Waals surface area contributed by atoms with Crippen LogP contribution >= 0.6 is 0 Å². The predicted molar refractivity (Wildman–Crippen MR) is 142 cm³/mol. The van der Waals surface area contributed by atoms with Crippen LogP contribution in [-0.4, -0.2) is 75.6 Å². The van der Waals surface area contributed by atoms with Gasteiger partial charge in [-0.15, -0.1) is 0 Å². The van der Waals surface area contributed by atoms with Crippen LogP contribution in [0, 0.1) is 11.8 Å². The number of likely N-dealkylation sites (tertiary alicyclic amines) is 2. The molecule has 36 heavy (non-hydrogen) atoms. The van der Waals surface area contributed by atoms with E-state index in [0.29, 0.717) is 24.6 Å². The number of carbonyl (C=O) groups excluding carboxylic acids is 2. The summed E-state index contributed by atoms with van der Waals surface area (Å²) in [6.07, 6.45) is 4.73. The van der Waals surface area contributed by atoms with Crippen LogP contribution in [0.2, 0.25) is 0 Å². The van der Waals surface area contributed by atoms with Gasteiger partial charge in [0.25, 0.3) is 0 Å². The lowest BCUT2D eigenvalue weighted by Crippen LogP contribution is -2.40. The zero-order valence-corrected chi connectivity index (χ0v) is 21.8. The summed E-state index contributed by atoms with van der Waals surface area (Å²) in [5.41, 5.74) is 2.21. The minimum atomic E-state index is -0.315. The molecule has 1 unspecified atom stereocenters. The van der Waals surface area contributed by atoms with Gasteiger partial charge in [0.2, 0.25) is 11.8 Å². The van der Waals surface area contributed by atoms with Crippen LogP contribution in [0.15, 0.2) is 48.5 Å². The van der Waals surface area contributed by atoms with Gasteiger partial charge in [-0.1, -0.05) is 30.3 Å². The van der Waals surface area contributed by atoms with E-state index in [9.17, 15) is 9.59 Å². The molecule has 7 heteroatoms. The predicted octanol–water partition coefficient (Wildman–Crippen LogP) is 3.86. The molecule has 0 aromatic heterocycles. The van der Waals surface area contributed by atoms with Crippen LogP contribution in [0.5, 0.6) is 11.5 Å². The highest BCUT2D eigenvalue weighted by Crippen LogP contribution is 2.33. The Labute approximate surface area is 215 Å². The molecular weight excluding hydrogens is 454 g/mol. The number of benzene rings is 2. The molecule has 0 bridgehead atoms. The van der Waals surface area contributed by atoms with Crippen molar-refractivity contribution in [3.63, 3.8) is 0 Å². The van der Waals surface area contributed by atoms with E-state index in [0.717, 1.165) is 44.1 Å². The zero-order valence-electron chi connectivity index (χ0n) is 21.8. The first-order valence-corrected chi connectivity index (χ1v) is 13.0. The monoisotopic (exact) mass is 493 g/mol. The standard InChI is InChI=1S/C29H39N3O4/c1-30-21-24(19-28(30)33)29(34)32(25-10-11-26(35-2)27(20-25)36-3)15-7-14-31-16-12-23(13-17-31)18-22-8-5-4-6-9-22/h4-6,8-11,20,23-24H,7,12-19,21H2,1-3H3. The quantitative estimate of drug-likeness (QED) is 0.503. The minimum absolute atomic E-state index is 0.00138. The molecule has 7 nitrogen and oxygen atoms in total. The molecule has 2 heterocycles. The van der Waals surface area contributed by atoms with Crippen LogP contribution < -0.4 is 14.4 Å². The largest absolute Gasteiger partial charge is 0.493 e. The average Bonchev–Trinajstić information content (AvgIpc) is 3.25. The molecule has 0 N–H and O–H groups in total. The van der Waals surface area contributed by atoms with Crippen molar-refractivity contribution in [2.75, 3.05) is 58.9 Å². The second-order valence-corrected chi connectivity index (χ2v) is 10.0. The fourth-order valence-electron chi connectivity index (χ4n) is 5.42. The molecule has 2 fully saturated rings. The summed E-state index contributed by atoms with van der Waals surface area (Å²) in [6, 6.07) is 16.3. The third-order valence-electron chi connectivity index (χ3n) is 7.57. The molecule has 0 radical (unpaired) electrons. The third kappa shape index (κ3) is 6.38. The first-order chi connectivity index (χ1) is 17.5. The van der Waals surface area contributed by atoms with Gasteiger partial charge in [0, 0.05) is 38.3 Å². The number of piperidine rings is 1. The summed E-state index contributed by atoms with van der Waals surface area (Å²) >= 11 is 0. The van der Waals surface area contributed by atoms with Gasteiger partial charge in [0.1, 0.15) is 0 Å². The summed E-state index contributed by atoms with van der Waals surface area (Å²) in [5.74, 6) is 1.67. The number of amides is 2. The van der Waals surface area contributed by atoms with E-state index >= 15 is 0 Å². The van der Waals surface area contributed by atoms with E-state index in [1.807, 2.05) is 23.1 Å². The highest BCUT2D eigenvalue weighted by atomic mass is 16.5. The molecule has 194 valence electrons. The molecular formula is C29H39N3O4. The number of carbonyl (C=O) groups is 2. The Hall–Kier alpha value is -3.06. The molecule has 1 atom stereocenters. The Kier molecular flexibility index (Phi) is 8.86. The second-order valence-electron chi connectivity index (χ2n) is 10.0. The number of hydrogen-bond acceptors (Lipinski definition) is 5. The van der Waals surface area contributed by atoms with Crippen LogP contribution in [-0.2, 0) is 16.0 Å². The fraction of sp³-hybridized carbons (Fsp3) is 0.517. The molecule has 2 amide bonds. The Morgan fingerprint density at radius 3 is 2.39 bits per heavy atom. The van der Waals surface area contributed by atoms with Gasteiger partial charge < -0.3 is 24.2 Å². The average molecular weight is 494 g/mol. The minimum Gasteiger partial charge on any atom is -0.493 e. The Balaban J connectivity index is 1.36. The number of hydrogen-bond donors (Lipinski definition) is 0. The van der Waals surface area contributed by atoms with Crippen LogP contribution in [0.3, 0.4) is 0 Å². The Bertz CT molecular complexity index is 1020. The van der Waals surface area contributed by atoms with E-state index < -0.39 is 0 Å². The van der Waals surface area contributed by atoms with Crippen molar-refractivity contribution in [1.82, 2.24) is 9.80 Å². The third-order valence-corrected chi connectivity index (χ3v) is 7.57. The van der Waals surface area contributed by atoms with Gasteiger partial charge in [-0.25, -0.2) is 0 Å². The van der Waals surface area contributed by atoms with E-state index in [1.54, 1.807) is 26.2 Å². The maximum absolute atomic E-state index is 13.6. The normalized spacial score (nSPS) is 18.9. The van der Waals surface area contributed by atoms with Crippen molar-refractivity contribution in [2.24, 2.45) is 11.8 Å². The summed E-state index contributed by atoms with van der Waals surface area (Å²) in [4.78, 5) is 31.7. The van der Waals surface area contributed by atoms with Crippen molar-refractivity contribution in [3.05, 3.63) is 54.1 Å². The number of methoxy groups -OCH3 is 2. The number of rotatable bonds is 10. The molecule has 0 saturated carbocycles. The van der Waals surface area contributed by atoms with E-state index in [-0.39, 0.29) is 24.2 Å². The fourth-order valence-corrected chi connectivity index (χ4v) is 5.42. The molecule has 4 rings (SSSR count). The number of anilines is 1.